The predicted molar refractivity (Wildman–Crippen MR) is 89.5 cm³/mol. The Labute approximate surface area is 133 Å². The molecule has 0 radical (unpaired) electrons. The van der Waals surface area contributed by atoms with Crippen LogP contribution in [0.2, 0.25) is 0 Å². The molecular formula is C18H28N2O2. The second kappa shape index (κ2) is 9.23. The van der Waals surface area contributed by atoms with Crippen LogP contribution in [0.1, 0.15) is 39.2 Å². The Hall–Kier alpha value is -1.84. The molecule has 1 N–H and O–H groups in total. The fourth-order valence-corrected chi connectivity index (χ4v) is 2.26. The summed E-state index contributed by atoms with van der Waals surface area (Å²) >= 11 is 0. The van der Waals surface area contributed by atoms with Gasteiger partial charge in [0.25, 0.3) is 0 Å². The maximum atomic E-state index is 12.5. The molecule has 0 spiro atoms. The molecule has 122 valence electrons. The number of carbonyl (C=O) groups excluding carboxylic acids is 2. The lowest BCUT2D eigenvalue weighted by molar-refractivity contribution is -0.136. The van der Waals surface area contributed by atoms with Crippen molar-refractivity contribution in [3.63, 3.8) is 0 Å². The third kappa shape index (κ3) is 5.88. The molecule has 22 heavy (non-hydrogen) atoms. The molecule has 0 bridgehead atoms. The van der Waals surface area contributed by atoms with Gasteiger partial charge in [0.2, 0.25) is 11.8 Å². The van der Waals surface area contributed by atoms with Gasteiger partial charge in [0.1, 0.15) is 6.04 Å². The van der Waals surface area contributed by atoms with Crippen LogP contribution in [0.3, 0.4) is 0 Å². The lowest BCUT2D eigenvalue weighted by Gasteiger charge is -2.27. The van der Waals surface area contributed by atoms with Gasteiger partial charge in [-0.2, -0.15) is 0 Å². The third-order valence-corrected chi connectivity index (χ3v) is 3.68. The zero-order valence-electron chi connectivity index (χ0n) is 14.1. The summed E-state index contributed by atoms with van der Waals surface area (Å²) in [4.78, 5) is 26.4. The van der Waals surface area contributed by atoms with Crippen molar-refractivity contribution in [3.8, 4) is 0 Å². The lowest BCUT2D eigenvalue weighted by Crippen LogP contribution is -2.50. The molecule has 1 rings (SSSR count). The molecule has 0 saturated carbocycles. The smallest absolute Gasteiger partial charge is 0.245 e. The molecule has 0 aliphatic heterocycles. The van der Waals surface area contributed by atoms with Crippen LogP contribution in [-0.2, 0) is 16.0 Å². The van der Waals surface area contributed by atoms with Gasteiger partial charge >= 0.3 is 0 Å². The molecule has 0 aromatic heterocycles. The highest BCUT2D eigenvalue weighted by Gasteiger charge is 2.26. The molecule has 1 unspecified atom stereocenters. The van der Waals surface area contributed by atoms with Gasteiger partial charge in [0.15, 0.2) is 0 Å². The lowest BCUT2D eigenvalue weighted by atomic mass is 10.0. The summed E-state index contributed by atoms with van der Waals surface area (Å²) in [5, 5.41) is 2.89. The van der Waals surface area contributed by atoms with E-state index >= 15 is 0 Å². The van der Waals surface area contributed by atoms with E-state index in [4.69, 9.17) is 0 Å². The van der Waals surface area contributed by atoms with Crippen LogP contribution < -0.4 is 5.32 Å². The molecule has 4 nitrogen and oxygen atoms in total. The normalized spacial score (nSPS) is 12.0. The largest absolute Gasteiger partial charge is 0.344 e. The van der Waals surface area contributed by atoms with Crippen LogP contribution in [0.15, 0.2) is 30.3 Å². The highest BCUT2D eigenvalue weighted by Crippen LogP contribution is 2.08. The Morgan fingerprint density at radius 3 is 2.36 bits per heavy atom. The van der Waals surface area contributed by atoms with Gasteiger partial charge in [-0.15, -0.1) is 0 Å². The molecule has 1 aromatic rings. The summed E-state index contributed by atoms with van der Waals surface area (Å²) in [6, 6.07) is 9.11. The van der Waals surface area contributed by atoms with Crippen molar-refractivity contribution in [1.82, 2.24) is 10.2 Å². The summed E-state index contributed by atoms with van der Waals surface area (Å²) in [7, 11) is 1.80. The minimum absolute atomic E-state index is 0.00939. The summed E-state index contributed by atoms with van der Waals surface area (Å²) in [6.07, 6.45) is 2.32. The van der Waals surface area contributed by atoms with Crippen LogP contribution in [0, 0.1) is 5.92 Å². The second-order valence-electron chi connectivity index (χ2n) is 6.06. The topological polar surface area (TPSA) is 49.4 Å². The molecule has 0 heterocycles. The van der Waals surface area contributed by atoms with E-state index in [1.807, 2.05) is 44.2 Å². The minimum atomic E-state index is -0.460. The average Bonchev–Trinajstić information content (AvgIpc) is 2.50. The number of unbranched alkanes of at least 4 members (excludes halogenated alkanes) is 1. The standard InChI is InChI=1S/C18H28N2O2/c1-5-6-12-20(4)18(22)17(14(2)3)19-16(21)13-15-10-8-7-9-11-15/h7-11,14,17H,5-6,12-13H2,1-4H3,(H,19,21). The number of hydrogen-bond donors (Lipinski definition) is 1. The van der Waals surface area contributed by atoms with Crippen LogP contribution in [0.5, 0.6) is 0 Å². The quantitative estimate of drug-likeness (QED) is 0.802. The summed E-state index contributed by atoms with van der Waals surface area (Å²) in [6.45, 7) is 6.74. The van der Waals surface area contributed by atoms with Crippen molar-refractivity contribution in [2.24, 2.45) is 5.92 Å². The Morgan fingerprint density at radius 2 is 1.82 bits per heavy atom. The van der Waals surface area contributed by atoms with Crippen LogP contribution in [0.25, 0.3) is 0 Å². The number of carbonyl (C=O) groups is 2. The number of likely N-dealkylation sites (N-methyl/N-ethyl adjacent to an activating group) is 1. The Bertz CT molecular complexity index is 471. The molecule has 0 aliphatic carbocycles. The average molecular weight is 304 g/mol. The molecule has 4 heteroatoms. The molecule has 0 saturated heterocycles. The fraction of sp³-hybridized carbons (Fsp3) is 0.556. The number of rotatable bonds is 8. The zero-order chi connectivity index (χ0) is 16.5. The fourth-order valence-electron chi connectivity index (χ4n) is 2.26. The van der Waals surface area contributed by atoms with E-state index in [1.165, 1.54) is 0 Å². The highest BCUT2D eigenvalue weighted by atomic mass is 16.2. The summed E-state index contributed by atoms with van der Waals surface area (Å²) in [5.41, 5.74) is 0.953. The van der Waals surface area contributed by atoms with Gasteiger partial charge in [-0.1, -0.05) is 57.5 Å². The number of hydrogen-bond acceptors (Lipinski definition) is 2. The van der Waals surface area contributed by atoms with Crippen molar-refractivity contribution < 1.29 is 9.59 Å². The second-order valence-corrected chi connectivity index (χ2v) is 6.06. The van der Waals surface area contributed by atoms with Crippen LogP contribution in [0.4, 0.5) is 0 Å². The zero-order valence-corrected chi connectivity index (χ0v) is 14.1. The molecular weight excluding hydrogens is 276 g/mol. The first-order chi connectivity index (χ1) is 10.5. The van der Waals surface area contributed by atoms with Gasteiger partial charge in [0, 0.05) is 13.6 Å². The number of nitrogens with one attached hydrogen (secondary N) is 1. The summed E-state index contributed by atoms with van der Waals surface area (Å²) < 4.78 is 0. The van der Waals surface area contributed by atoms with Gasteiger partial charge in [-0.3, -0.25) is 9.59 Å². The van der Waals surface area contributed by atoms with Gasteiger partial charge in [0.05, 0.1) is 6.42 Å². The van der Waals surface area contributed by atoms with Crippen LogP contribution in [-0.4, -0.2) is 36.3 Å². The highest BCUT2D eigenvalue weighted by molar-refractivity contribution is 5.88. The Morgan fingerprint density at radius 1 is 1.18 bits per heavy atom. The number of nitrogens with zero attached hydrogens (tertiary/aromatic N) is 1. The SMILES string of the molecule is CCCCN(C)C(=O)C(NC(=O)Cc1ccccc1)C(C)C. The third-order valence-electron chi connectivity index (χ3n) is 3.68. The van der Waals surface area contributed by atoms with E-state index in [1.54, 1.807) is 11.9 Å². The van der Waals surface area contributed by atoms with Crippen molar-refractivity contribution in [2.45, 2.75) is 46.1 Å². The number of benzene rings is 1. The molecule has 0 aliphatic rings. The van der Waals surface area contributed by atoms with E-state index in [9.17, 15) is 9.59 Å². The van der Waals surface area contributed by atoms with Crippen molar-refractivity contribution >= 4 is 11.8 Å². The number of amides is 2. The van der Waals surface area contributed by atoms with E-state index in [0.29, 0.717) is 6.42 Å². The van der Waals surface area contributed by atoms with Crippen LogP contribution >= 0.6 is 0 Å². The Kier molecular flexibility index (Phi) is 7.64. The van der Waals surface area contributed by atoms with E-state index in [2.05, 4.69) is 12.2 Å². The van der Waals surface area contributed by atoms with Crippen molar-refractivity contribution in [1.29, 1.82) is 0 Å². The molecule has 1 aromatic carbocycles. The monoisotopic (exact) mass is 304 g/mol. The van der Waals surface area contributed by atoms with E-state index in [-0.39, 0.29) is 17.7 Å². The maximum absolute atomic E-state index is 12.5. The first-order valence-corrected chi connectivity index (χ1v) is 8.04. The first-order valence-electron chi connectivity index (χ1n) is 8.04. The Balaban J connectivity index is 2.63. The van der Waals surface area contributed by atoms with Gasteiger partial charge in [-0.05, 0) is 17.9 Å². The molecule has 0 fully saturated rings. The van der Waals surface area contributed by atoms with Crippen molar-refractivity contribution in [3.05, 3.63) is 35.9 Å². The van der Waals surface area contributed by atoms with Gasteiger partial charge < -0.3 is 10.2 Å². The maximum Gasteiger partial charge on any atom is 0.245 e. The molecule has 1 atom stereocenters. The summed E-state index contributed by atoms with van der Waals surface area (Å²) in [5.74, 6) is -0.0525. The predicted octanol–water partition coefficient (Wildman–Crippen LogP) is 2.63. The van der Waals surface area contributed by atoms with E-state index < -0.39 is 6.04 Å². The first kappa shape index (κ1) is 18.2. The molecule has 2 amide bonds. The minimum Gasteiger partial charge on any atom is -0.344 e. The van der Waals surface area contributed by atoms with Crippen molar-refractivity contribution in [2.75, 3.05) is 13.6 Å². The van der Waals surface area contributed by atoms with E-state index in [0.717, 1.165) is 24.9 Å². The van der Waals surface area contributed by atoms with Gasteiger partial charge in [-0.25, -0.2) is 0 Å².